The van der Waals surface area contributed by atoms with Crippen LogP contribution < -0.4 is 5.32 Å². The summed E-state index contributed by atoms with van der Waals surface area (Å²) in [4.78, 5) is 3.94. The average Bonchev–Trinajstić information content (AvgIpc) is 2.19. The number of terminal acetylenes is 1. The van der Waals surface area contributed by atoms with E-state index in [1.165, 1.54) is 0 Å². The number of anilines is 1. The van der Waals surface area contributed by atoms with Crippen LogP contribution in [0.3, 0.4) is 0 Å². The van der Waals surface area contributed by atoms with Crippen molar-refractivity contribution in [1.29, 1.82) is 0 Å². The molecule has 1 aromatic rings. The second-order valence-electron chi connectivity index (χ2n) is 2.89. The summed E-state index contributed by atoms with van der Waals surface area (Å²) in [6.45, 7) is 2.12. The van der Waals surface area contributed by atoms with E-state index in [1.807, 2.05) is 12.1 Å². The molecule has 0 amide bonds. The topological polar surface area (TPSA) is 24.9 Å². The zero-order valence-corrected chi connectivity index (χ0v) is 7.83. The van der Waals surface area contributed by atoms with Crippen LogP contribution >= 0.6 is 0 Å². The molecule has 0 saturated heterocycles. The van der Waals surface area contributed by atoms with Crippen molar-refractivity contribution < 1.29 is 0 Å². The summed E-state index contributed by atoms with van der Waals surface area (Å²) in [5.74, 6) is 2.66. The molecule has 0 spiro atoms. The average molecular weight is 174 g/mol. The third-order valence-electron chi connectivity index (χ3n) is 1.91. The van der Waals surface area contributed by atoms with E-state index in [0.29, 0.717) is 6.04 Å². The number of nitrogens with one attached hydrogen (secondary N) is 1. The standard InChI is InChI=1S/C11H14N2/c1-3-5-10(4-2)13-11-6-8-12-9-7-11/h1,6-10H,4-5H2,2H3,(H,12,13). The fourth-order valence-electron chi connectivity index (χ4n) is 1.12. The van der Waals surface area contributed by atoms with E-state index in [2.05, 4.69) is 23.1 Å². The van der Waals surface area contributed by atoms with Crippen LogP contribution in [0.5, 0.6) is 0 Å². The summed E-state index contributed by atoms with van der Waals surface area (Å²) < 4.78 is 0. The maximum Gasteiger partial charge on any atom is 0.0373 e. The van der Waals surface area contributed by atoms with Crippen molar-refractivity contribution >= 4 is 5.69 Å². The Balaban J connectivity index is 2.53. The Morgan fingerprint density at radius 2 is 2.23 bits per heavy atom. The molecule has 1 aromatic heterocycles. The van der Waals surface area contributed by atoms with E-state index < -0.39 is 0 Å². The van der Waals surface area contributed by atoms with Gasteiger partial charge in [-0.15, -0.1) is 12.3 Å². The van der Waals surface area contributed by atoms with Crippen molar-refractivity contribution in [3.8, 4) is 12.3 Å². The lowest BCUT2D eigenvalue weighted by Gasteiger charge is -2.14. The van der Waals surface area contributed by atoms with Gasteiger partial charge in [0.05, 0.1) is 0 Å². The maximum absolute atomic E-state index is 5.26. The van der Waals surface area contributed by atoms with Crippen LogP contribution in [0.1, 0.15) is 19.8 Å². The van der Waals surface area contributed by atoms with E-state index in [1.54, 1.807) is 12.4 Å². The normalized spacial score (nSPS) is 11.7. The number of nitrogens with zero attached hydrogens (tertiary/aromatic N) is 1. The van der Waals surface area contributed by atoms with E-state index in [0.717, 1.165) is 18.5 Å². The Morgan fingerprint density at radius 1 is 1.54 bits per heavy atom. The molecule has 1 unspecified atom stereocenters. The molecule has 1 heterocycles. The molecule has 2 nitrogen and oxygen atoms in total. The van der Waals surface area contributed by atoms with Crippen LogP contribution in [-0.2, 0) is 0 Å². The largest absolute Gasteiger partial charge is 0.381 e. The van der Waals surface area contributed by atoms with Crippen molar-refractivity contribution in [3.05, 3.63) is 24.5 Å². The molecule has 0 aliphatic carbocycles. The van der Waals surface area contributed by atoms with Gasteiger partial charge in [0.1, 0.15) is 0 Å². The molecule has 68 valence electrons. The molecule has 2 heteroatoms. The summed E-state index contributed by atoms with van der Waals surface area (Å²) in [5.41, 5.74) is 1.08. The van der Waals surface area contributed by atoms with E-state index in [4.69, 9.17) is 6.42 Å². The Labute approximate surface area is 79.4 Å². The third-order valence-corrected chi connectivity index (χ3v) is 1.91. The summed E-state index contributed by atoms with van der Waals surface area (Å²) in [6, 6.07) is 4.26. The molecule has 1 atom stereocenters. The number of pyridine rings is 1. The summed E-state index contributed by atoms with van der Waals surface area (Å²) in [6.07, 6.45) is 10.6. The highest BCUT2D eigenvalue weighted by Gasteiger charge is 2.02. The summed E-state index contributed by atoms with van der Waals surface area (Å²) >= 11 is 0. The van der Waals surface area contributed by atoms with Crippen LogP contribution in [0.15, 0.2) is 24.5 Å². The molecule has 1 N–H and O–H groups in total. The first-order valence-corrected chi connectivity index (χ1v) is 4.46. The van der Waals surface area contributed by atoms with E-state index in [9.17, 15) is 0 Å². The molecular formula is C11H14N2. The molecule has 0 saturated carbocycles. The highest BCUT2D eigenvalue weighted by molar-refractivity contribution is 5.41. The van der Waals surface area contributed by atoms with Crippen molar-refractivity contribution in [2.75, 3.05) is 5.32 Å². The van der Waals surface area contributed by atoms with Gasteiger partial charge >= 0.3 is 0 Å². The minimum Gasteiger partial charge on any atom is -0.381 e. The first-order valence-electron chi connectivity index (χ1n) is 4.46. The smallest absolute Gasteiger partial charge is 0.0373 e. The van der Waals surface area contributed by atoms with Crippen LogP contribution in [0.2, 0.25) is 0 Å². The molecule has 1 rings (SSSR count). The minimum absolute atomic E-state index is 0.368. The van der Waals surface area contributed by atoms with Gasteiger partial charge in [0.15, 0.2) is 0 Å². The van der Waals surface area contributed by atoms with Crippen molar-refractivity contribution in [2.24, 2.45) is 0 Å². The number of hydrogen-bond acceptors (Lipinski definition) is 2. The molecule has 0 aliphatic rings. The second-order valence-corrected chi connectivity index (χ2v) is 2.89. The Hall–Kier alpha value is -1.49. The first kappa shape index (κ1) is 9.60. The van der Waals surface area contributed by atoms with Gasteiger partial charge in [0.2, 0.25) is 0 Å². The van der Waals surface area contributed by atoms with Gasteiger partial charge in [0, 0.05) is 30.5 Å². The number of rotatable bonds is 4. The van der Waals surface area contributed by atoms with Gasteiger partial charge < -0.3 is 5.32 Å². The van der Waals surface area contributed by atoms with Crippen molar-refractivity contribution in [3.63, 3.8) is 0 Å². The van der Waals surface area contributed by atoms with Gasteiger partial charge in [-0.1, -0.05) is 6.92 Å². The molecule has 0 aromatic carbocycles. The monoisotopic (exact) mass is 174 g/mol. The van der Waals surface area contributed by atoms with Crippen LogP contribution in [0, 0.1) is 12.3 Å². The lowest BCUT2D eigenvalue weighted by molar-refractivity contribution is 0.715. The van der Waals surface area contributed by atoms with E-state index >= 15 is 0 Å². The zero-order valence-electron chi connectivity index (χ0n) is 7.83. The summed E-state index contributed by atoms with van der Waals surface area (Å²) in [7, 11) is 0. The van der Waals surface area contributed by atoms with Crippen molar-refractivity contribution in [2.45, 2.75) is 25.8 Å². The van der Waals surface area contributed by atoms with Gasteiger partial charge in [-0.25, -0.2) is 0 Å². The van der Waals surface area contributed by atoms with E-state index in [-0.39, 0.29) is 0 Å². The Bertz CT molecular complexity index is 274. The van der Waals surface area contributed by atoms with Crippen LogP contribution in [0.4, 0.5) is 5.69 Å². The van der Waals surface area contributed by atoms with Crippen molar-refractivity contribution in [1.82, 2.24) is 4.98 Å². The molecule has 0 fully saturated rings. The molecule has 13 heavy (non-hydrogen) atoms. The zero-order chi connectivity index (χ0) is 9.52. The van der Waals surface area contributed by atoms with Gasteiger partial charge in [-0.2, -0.15) is 0 Å². The lowest BCUT2D eigenvalue weighted by Crippen LogP contribution is -2.17. The second kappa shape index (κ2) is 5.21. The molecule has 0 radical (unpaired) electrons. The fraction of sp³-hybridized carbons (Fsp3) is 0.364. The predicted molar refractivity (Wildman–Crippen MR) is 55.4 cm³/mol. The quantitative estimate of drug-likeness (QED) is 0.708. The predicted octanol–water partition coefficient (Wildman–Crippen LogP) is 2.30. The fourth-order valence-corrected chi connectivity index (χ4v) is 1.12. The third kappa shape index (κ3) is 3.16. The lowest BCUT2D eigenvalue weighted by atomic mass is 10.1. The number of aromatic nitrogens is 1. The number of hydrogen-bond donors (Lipinski definition) is 1. The van der Waals surface area contributed by atoms with Gasteiger partial charge in [-0.3, -0.25) is 4.98 Å². The van der Waals surface area contributed by atoms with Gasteiger partial charge in [-0.05, 0) is 18.6 Å². The van der Waals surface area contributed by atoms with Crippen LogP contribution in [0.25, 0.3) is 0 Å². The van der Waals surface area contributed by atoms with Crippen LogP contribution in [-0.4, -0.2) is 11.0 Å². The molecular weight excluding hydrogens is 160 g/mol. The minimum atomic E-state index is 0.368. The SMILES string of the molecule is C#CCC(CC)Nc1ccncc1. The molecule has 0 aliphatic heterocycles. The molecule has 0 bridgehead atoms. The Morgan fingerprint density at radius 3 is 2.77 bits per heavy atom. The maximum atomic E-state index is 5.26. The summed E-state index contributed by atoms with van der Waals surface area (Å²) in [5, 5.41) is 3.35. The first-order chi connectivity index (χ1) is 6.36. The highest BCUT2D eigenvalue weighted by Crippen LogP contribution is 2.09. The van der Waals surface area contributed by atoms with Gasteiger partial charge in [0.25, 0.3) is 0 Å². The highest BCUT2D eigenvalue weighted by atomic mass is 14.9. The Kier molecular flexibility index (Phi) is 3.84.